The van der Waals surface area contributed by atoms with Gasteiger partial charge in [0, 0.05) is 16.5 Å². The first-order valence-electron chi connectivity index (χ1n) is 8.97. The zero-order valence-electron chi connectivity index (χ0n) is 14.7. The van der Waals surface area contributed by atoms with E-state index in [4.69, 9.17) is 0 Å². The quantitative estimate of drug-likeness (QED) is 0.336. The molecular formula is C25H19N. The van der Waals surface area contributed by atoms with E-state index in [-0.39, 0.29) is 0 Å². The van der Waals surface area contributed by atoms with Crippen LogP contribution in [0.15, 0.2) is 97.1 Å². The average Bonchev–Trinajstić information content (AvgIpc) is 3.02. The van der Waals surface area contributed by atoms with E-state index in [1.807, 2.05) is 0 Å². The molecule has 0 amide bonds. The summed E-state index contributed by atoms with van der Waals surface area (Å²) in [5, 5.41) is 2.62. The maximum Gasteiger partial charge on any atom is 0.0549 e. The first-order valence-corrected chi connectivity index (χ1v) is 8.97. The predicted molar refractivity (Wildman–Crippen MR) is 111 cm³/mol. The highest BCUT2D eigenvalue weighted by molar-refractivity contribution is 6.15. The summed E-state index contributed by atoms with van der Waals surface area (Å²) >= 11 is 0. The van der Waals surface area contributed by atoms with E-state index in [9.17, 15) is 0 Å². The Balaban J connectivity index is 1.99. The minimum Gasteiger partial charge on any atom is -0.309 e. The van der Waals surface area contributed by atoms with Crippen molar-refractivity contribution >= 4 is 21.8 Å². The number of para-hydroxylation sites is 2. The van der Waals surface area contributed by atoms with Gasteiger partial charge in [0.1, 0.15) is 0 Å². The maximum absolute atomic E-state index is 2.38. The molecule has 1 nitrogen and oxygen atoms in total. The standard InChI is InChI=1S/C25H19N/c1-18-16-22(19-10-4-2-5-11-19)25-21-14-8-9-15-23(21)26(24(25)17-18)20-12-6-3-7-13-20/h2-17H,1H3. The van der Waals surface area contributed by atoms with Gasteiger partial charge in [-0.3, -0.25) is 0 Å². The molecule has 5 rings (SSSR count). The van der Waals surface area contributed by atoms with Gasteiger partial charge in [-0.25, -0.2) is 0 Å². The topological polar surface area (TPSA) is 4.93 Å². The molecule has 1 heteroatoms. The zero-order chi connectivity index (χ0) is 17.5. The molecule has 0 aliphatic rings. The Morgan fingerprint density at radius 2 is 1.27 bits per heavy atom. The average molecular weight is 333 g/mol. The van der Waals surface area contributed by atoms with Crippen molar-refractivity contribution in [2.75, 3.05) is 0 Å². The van der Waals surface area contributed by atoms with Gasteiger partial charge < -0.3 is 4.57 Å². The van der Waals surface area contributed by atoms with Gasteiger partial charge in [0.15, 0.2) is 0 Å². The second-order valence-corrected chi connectivity index (χ2v) is 6.76. The summed E-state index contributed by atoms with van der Waals surface area (Å²) in [6.07, 6.45) is 0. The molecule has 0 saturated carbocycles. The normalized spacial score (nSPS) is 11.3. The van der Waals surface area contributed by atoms with Crippen LogP contribution in [0.3, 0.4) is 0 Å². The van der Waals surface area contributed by atoms with Crippen molar-refractivity contribution in [1.82, 2.24) is 4.57 Å². The summed E-state index contributed by atoms with van der Waals surface area (Å²) in [5.41, 5.74) is 7.54. The van der Waals surface area contributed by atoms with Gasteiger partial charge in [0.2, 0.25) is 0 Å². The van der Waals surface area contributed by atoms with Crippen LogP contribution < -0.4 is 0 Å². The highest BCUT2D eigenvalue weighted by atomic mass is 15.0. The van der Waals surface area contributed by atoms with E-state index in [0.717, 1.165) is 0 Å². The minimum atomic E-state index is 1.20. The Hall–Kier alpha value is -3.32. The van der Waals surface area contributed by atoms with Crippen LogP contribution in [0.2, 0.25) is 0 Å². The number of aryl methyl sites for hydroxylation is 1. The fourth-order valence-electron chi connectivity index (χ4n) is 3.94. The molecule has 5 aromatic rings. The lowest BCUT2D eigenvalue weighted by atomic mass is 9.97. The third-order valence-corrected chi connectivity index (χ3v) is 5.02. The zero-order valence-corrected chi connectivity index (χ0v) is 14.7. The third kappa shape index (κ3) is 2.25. The van der Waals surface area contributed by atoms with Crippen molar-refractivity contribution in [2.45, 2.75) is 6.92 Å². The fourth-order valence-corrected chi connectivity index (χ4v) is 3.94. The van der Waals surface area contributed by atoms with Crippen LogP contribution in [0.1, 0.15) is 5.56 Å². The van der Waals surface area contributed by atoms with Crippen molar-refractivity contribution in [1.29, 1.82) is 0 Å². The smallest absolute Gasteiger partial charge is 0.0549 e. The first-order chi connectivity index (χ1) is 12.8. The van der Waals surface area contributed by atoms with Crippen LogP contribution in [-0.2, 0) is 0 Å². The van der Waals surface area contributed by atoms with Crippen LogP contribution >= 0.6 is 0 Å². The number of hydrogen-bond acceptors (Lipinski definition) is 0. The van der Waals surface area contributed by atoms with Gasteiger partial charge in [-0.15, -0.1) is 0 Å². The molecule has 0 spiro atoms. The summed E-state index contributed by atoms with van der Waals surface area (Å²) in [7, 11) is 0. The molecule has 0 aliphatic heterocycles. The summed E-state index contributed by atoms with van der Waals surface area (Å²) in [6.45, 7) is 2.18. The molecule has 0 unspecified atom stereocenters. The van der Waals surface area contributed by atoms with Gasteiger partial charge in [0.25, 0.3) is 0 Å². The number of benzene rings is 4. The largest absolute Gasteiger partial charge is 0.309 e. The second-order valence-electron chi connectivity index (χ2n) is 6.76. The summed E-state index contributed by atoms with van der Waals surface area (Å²) in [5.74, 6) is 0. The van der Waals surface area contributed by atoms with E-state index in [1.54, 1.807) is 0 Å². The number of nitrogens with zero attached hydrogens (tertiary/aromatic N) is 1. The van der Waals surface area contributed by atoms with Crippen molar-refractivity contribution in [3.8, 4) is 16.8 Å². The second kappa shape index (κ2) is 5.89. The Labute approximate surface area is 153 Å². The van der Waals surface area contributed by atoms with Gasteiger partial charge in [-0.1, -0.05) is 72.8 Å². The van der Waals surface area contributed by atoms with Crippen molar-refractivity contribution in [3.63, 3.8) is 0 Å². The van der Waals surface area contributed by atoms with E-state index >= 15 is 0 Å². The van der Waals surface area contributed by atoms with Crippen molar-refractivity contribution in [3.05, 3.63) is 103 Å². The van der Waals surface area contributed by atoms with Crippen LogP contribution in [-0.4, -0.2) is 4.57 Å². The predicted octanol–water partition coefficient (Wildman–Crippen LogP) is 6.76. The maximum atomic E-state index is 2.38. The fraction of sp³-hybridized carbons (Fsp3) is 0.0400. The molecule has 0 radical (unpaired) electrons. The SMILES string of the molecule is Cc1cc(-c2ccccc2)c2c3ccccc3n(-c3ccccc3)c2c1. The van der Waals surface area contributed by atoms with Gasteiger partial charge in [-0.2, -0.15) is 0 Å². The Bertz CT molecular complexity index is 1210. The van der Waals surface area contributed by atoms with Gasteiger partial charge in [-0.05, 0) is 47.9 Å². The Morgan fingerprint density at radius 1 is 0.615 bits per heavy atom. The molecule has 124 valence electrons. The van der Waals surface area contributed by atoms with E-state index in [2.05, 4.69) is 109 Å². The molecular weight excluding hydrogens is 314 g/mol. The number of rotatable bonds is 2. The molecule has 0 fully saturated rings. The van der Waals surface area contributed by atoms with E-state index in [0.29, 0.717) is 0 Å². The first kappa shape index (κ1) is 15.0. The van der Waals surface area contributed by atoms with Crippen LogP contribution in [0.5, 0.6) is 0 Å². The molecule has 1 aromatic heterocycles. The Kier molecular flexibility index (Phi) is 3.39. The van der Waals surface area contributed by atoms with Crippen LogP contribution in [0, 0.1) is 6.92 Å². The summed E-state index contributed by atoms with van der Waals surface area (Å²) < 4.78 is 2.38. The van der Waals surface area contributed by atoms with Gasteiger partial charge in [0.05, 0.1) is 11.0 Å². The minimum absolute atomic E-state index is 1.20. The van der Waals surface area contributed by atoms with Gasteiger partial charge >= 0.3 is 0 Å². The number of aromatic nitrogens is 1. The lowest BCUT2D eigenvalue weighted by molar-refractivity contribution is 1.18. The monoisotopic (exact) mass is 333 g/mol. The molecule has 0 bridgehead atoms. The lowest BCUT2D eigenvalue weighted by Crippen LogP contribution is -1.93. The lowest BCUT2D eigenvalue weighted by Gasteiger charge is -2.10. The summed E-state index contributed by atoms with van der Waals surface area (Å²) in [4.78, 5) is 0. The molecule has 26 heavy (non-hydrogen) atoms. The third-order valence-electron chi connectivity index (χ3n) is 5.02. The molecule has 0 saturated heterocycles. The van der Waals surface area contributed by atoms with Crippen LogP contribution in [0.4, 0.5) is 0 Å². The molecule has 0 atom stereocenters. The van der Waals surface area contributed by atoms with E-state index < -0.39 is 0 Å². The molecule has 0 aliphatic carbocycles. The molecule has 0 N–H and O–H groups in total. The number of hydrogen-bond donors (Lipinski definition) is 0. The number of fused-ring (bicyclic) bond motifs is 3. The highest BCUT2D eigenvalue weighted by Crippen LogP contribution is 2.39. The van der Waals surface area contributed by atoms with Crippen LogP contribution in [0.25, 0.3) is 38.6 Å². The highest BCUT2D eigenvalue weighted by Gasteiger charge is 2.16. The molecule has 4 aromatic carbocycles. The van der Waals surface area contributed by atoms with Crippen molar-refractivity contribution < 1.29 is 0 Å². The van der Waals surface area contributed by atoms with Crippen molar-refractivity contribution in [2.24, 2.45) is 0 Å². The molecule has 1 heterocycles. The Morgan fingerprint density at radius 3 is 2.04 bits per heavy atom. The van der Waals surface area contributed by atoms with E-state index in [1.165, 1.54) is 44.2 Å². The summed E-state index contributed by atoms with van der Waals surface area (Å²) in [6, 6.07) is 34.6.